The topological polar surface area (TPSA) is 122 Å². The number of nitrogens with one attached hydrogen (secondary N) is 1. The summed E-state index contributed by atoms with van der Waals surface area (Å²) in [6, 6.07) is 3.64. The lowest BCUT2D eigenvalue weighted by Gasteiger charge is -2.13. The highest BCUT2D eigenvalue weighted by Gasteiger charge is 2.22. The second-order valence-corrected chi connectivity index (χ2v) is 7.67. The summed E-state index contributed by atoms with van der Waals surface area (Å²) in [6.45, 7) is 5.20. The lowest BCUT2D eigenvalue weighted by atomic mass is 10.1. The van der Waals surface area contributed by atoms with Gasteiger partial charge in [-0.1, -0.05) is 6.92 Å². The van der Waals surface area contributed by atoms with E-state index in [4.69, 9.17) is 5.11 Å². The van der Waals surface area contributed by atoms with E-state index in [0.29, 0.717) is 21.3 Å². The number of rotatable bonds is 7. The largest absolute Gasteiger partial charge is 0.477 e. The molecule has 1 aromatic heterocycles. The minimum atomic E-state index is -1.06. The van der Waals surface area contributed by atoms with Crippen LogP contribution in [0, 0.1) is 17.0 Å². The third kappa shape index (κ3) is 4.38. The van der Waals surface area contributed by atoms with Gasteiger partial charge >= 0.3 is 5.97 Å². The van der Waals surface area contributed by atoms with Crippen molar-refractivity contribution in [1.29, 1.82) is 0 Å². The van der Waals surface area contributed by atoms with Gasteiger partial charge in [-0.15, -0.1) is 23.1 Å². The molecule has 0 aliphatic carbocycles. The van der Waals surface area contributed by atoms with Gasteiger partial charge in [0.2, 0.25) is 0 Å². The predicted octanol–water partition coefficient (Wildman–Crippen LogP) is 3.66. The maximum absolute atomic E-state index is 12.6. The number of thiazole rings is 1. The number of thioether (sulfide) groups is 1. The highest BCUT2D eigenvalue weighted by Crippen LogP contribution is 2.28. The molecule has 1 atom stereocenters. The third-order valence-electron chi connectivity index (χ3n) is 3.44. The molecule has 10 heteroatoms. The van der Waals surface area contributed by atoms with E-state index in [1.165, 1.54) is 23.9 Å². The Kier molecular flexibility index (Phi) is 6.32. The molecule has 8 nitrogen and oxygen atoms in total. The monoisotopic (exact) mass is 395 g/mol. The van der Waals surface area contributed by atoms with Crippen LogP contribution < -0.4 is 5.32 Å². The van der Waals surface area contributed by atoms with Gasteiger partial charge in [0, 0.05) is 17.0 Å². The minimum Gasteiger partial charge on any atom is -0.477 e. The first-order valence-corrected chi connectivity index (χ1v) is 9.47. The molecule has 1 unspecified atom stereocenters. The Bertz CT molecular complexity index is 866. The molecule has 0 bridgehead atoms. The Morgan fingerprint density at radius 3 is 2.69 bits per heavy atom. The normalized spacial score (nSPS) is 11.8. The number of carboxylic acids is 1. The van der Waals surface area contributed by atoms with Crippen LogP contribution in [0.5, 0.6) is 0 Å². The number of non-ortho nitro benzene ring substituents is 1. The number of nitro benzene ring substituents is 1. The molecule has 26 heavy (non-hydrogen) atoms. The fourth-order valence-corrected chi connectivity index (χ4v) is 3.92. The van der Waals surface area contributed by atoms with Gasteiger partial charge in [-0.2, -0.15) is 0 Å². The molecule has 2 rings (SSSR count). The fourth-order valence-electron chi connectivity index (χ4n) is 2.23. The summed E-state index contributed by atoms with van der Waals surface area (Å²) in [4.78, 5) is 39.2. The van der Waals surface area contributed by atoms with Gasteiger partial charge in [-0.3, -0.25) is 14.9 Å². The highest BCUT2D eigenvalue weighted by atomic mass is 32.2. The van der Waals surface area contributed by atoms with Crippen molar-refractivity contribution in [3.63, 3.8) is 0 Å². The van der Waals surface area contributed by atoms with Crippen LogP contribution in [0.4, 0.5) is 5.69 Å². The van der Waals surface area contributed by atoms with E-state index in [-0.39, 0.29) is 16.1 Å². The summed E-state index contributed by atoms with van der Waals surface area (Å²) >= 11 is 2.41. The van der Waals surface area contributed by atoms with Crippen LogP contribution in [0.15, 0.2) is 23.1 Å². The smallest absolute Gasteiger partial charge is 0.347 e. The van der Waals surface area contributed by atoms with Gasteiger partial charge in [0.05, 0.1) is 22.2 Å². The fraction of sp³-hybridized carbons (Fsp3) is 0.312. The van der Waals surface area contributed by atoms with Crippen LogP contribution >= 0.6 is 23.1 Å². The number of carbonyl (C=O) groups excluding carboxylic acids is 1. The summed E-state index contributed by atoms with van der Waals surface area (Å²) in [6.07, 6.45) is 0. The number of carbonyl (C=O) groups is 2. The number of hydrogen-bond acceptors (Lipinski definition) is 7. The third-order valence-corrected chi connectivity index (χ3v) is 5.73. The van der Waals surface area contributed by atoms with Crippen LogP contribution in [-0.2, 0) is 0 Å². The molecule has 0 fully saturated rings. The van der Waals surface area contributed by atoms with Gasteiger partial charge in [-0.05, 0) is 25.7 Å². The van der Waals surface area contributed by atoms with Crippen LogP contribution in [0.3, 0.4) is 0 Å². The van der Waals surface area contributed by atoms with Crippen LogP contribution in [0.25, 0.3) is 0 Å². The van der Waals surface area contributed by atoms with E-state index in [0.717, 1.165) is 11.3 Å². The van der Waals surface area contributed by atoms with Crippen molar-refractivity contribution in [2.75, 3.05) is 5.75 Å². The van der Waals surface area contributed by atoms with Gasteiger partial charge in [0.1, 0.15) is 9.88 Å². The first kappa shape index (κ1) is 19.9. The molecule has 1 amide bonds. The Morgan fingerprint density at radius 2 is 2.15 bits per heavy atom. The Balaban J connectivity index is 2.28. The average Bonchev–Trinajstić information content (AvgIpc) is 2.97. The zero-order valence-corrected chi connectivity index (χ0v) is 15.9. The molecular weight excluding hydrogens is 378 g/mol. The molecule has 2 N–H and O–H groups in total. The van der Waals surface area contributed by atoms with Gasteiger partial charge in [0.25, 0.3) is 11.6 Å². The number of aromatic nitrogens is 1. The highest BCUT2D eigenvalue weighted by molar-refractivity contribution is 7.99. The van der Waals surface area contributed by atoms with E-state index in [9.17, 15) is 19.7 Å². The summed E-state index contributed by atoms with van der Waals surface area (Å²) in [5.41, 5.74) is 0.433. The van der Waals surface area contributed by atoms with Crippen molar-refractivity contribution in [2.24, 2.45) is 0 Å². The summed E-state index contributed by atoms with van der Waals surface area (Å²) < 4.78 is 0. The number of benzene rings is 1. The van der Waals surface area contributed by atoms with Crippen LogP contribution in [0.1, 0.15) is 50.6 Å². The van der Waals surface area contributed by atoms with Crippen molar-refractivity contribution in [3.05, 3.63) is 49.5 Å². The lowest BCUT2D eigenvalue weighted by Crippen LogP contribution is -2.27. The van der Waals surface area contributed by atoms with E-state index in [1.807, 2.05) is 6.92 Å². The van der Waals surface area contributed by atoms with E-state index in [2.05, 4.69) is 10.3 Å². The molecule has 1 heterocycles. The number of amides is 1. The van der Waals surface area contributed by atoms with Gasteiger partial charge in [-0.25, -0.2) is 9.78 Å². The summed E-state index contributed by atoms with van der Waals surface area (Å²) in [7, 11) is 0. The Morgan fingerprint density at radius 1 is 1.46 bits per heavy atom. The second kappa shape index (κ2) is 8.28. The van der Waals surface area contributed by atoms with E-state index < -0.39 is 22.8 Å². The molecule has 0 radical (unpaired) electrons. The first-order valence-electron chi connectivity index (χ1n) is 7.67. The number of hydrogen-bond donors (Lipinski definition) is 2. The van der Waals surface area contributed by atoms with Crippen molar-refractivity contribution >= 4 is 40.7 Å². The molecule has 138 valence electrons. The molecule has 0 aliphatic rings. The van der Waals surface area contributed by atoms with Crippen molar-refractivity contribution in [3.8, 4) is 0 Å². The number of nitro groups is 1. The van der Waals surface area contributed by atoms with E-state index >= 15 is 0 Å². The zero-order chi connectivity index (χ0) is 19.4. The predicted molar refractivity (Wildman–Crippen MR) is 99.2 cm³/mol. The Labute approximate surface area is 157 Å². The van der Waals surface area contributed by atoms with Crippen LogP contribution in [-0.4, -0.2) is 32.6 Å². The molecule has 0 aliphatic heterocycles. The maximum atomic E-state index is 12.6. The maximum Gasteiger partial charge on any atom is 0.347 e. The van der Waals surface area contributed by atoms with E-state index in [1.54, 1.807) is 19.9 Å². The van der Waals surface area contributed by atoms with Crippen molar-refractivity contribution in [2.45, 2.75) is 31.7 Å². The minimum absolute atomic E-state index is 0.124. The Hall–Kier alpha value is -2.46. The average molecular weight is 395 g/mol. The molecule has 2 aromatic rings. The molecular formula is C16H17N3O5S2. The quantitative estimate of drug-likeness (QED) is 0.417. The zero-order valence-electron chi connectivity index (χ0n) is 14.3. The summed E-state index contributed by atoms with van der Waals surface area (Å²) in [5.74, 6) is -0.826. The number of carboxylic acid groups (broad SMARTS) is 1. The van der Waals surface area contributed by atoms with Gasteiger partial charge < -0.3 is 10.4 Å². The van der Waals surface area contributed by atoms with Crippen LogP contribution in [0.2, 0.25) is 0 Å². The van der Waals surface area contributed by atoms with Crippen molar-refractivity contribution in [1.82, 2.24) is 10.3 Å². The van der Waals surface area contributed by atoms with Crippen molar-refractivity contribution < 1.29 is 19.6 Å². The SMILES string of the molecule is CCSc1ccc([N+](=O)[O-])cc1C(=O)NC(C)c1nc(C)c(C(=O)O)s1. The second-order valence-electron chi connectivity index (χ2n) is 5.34. The molecule has 0 saturated heterocycles. The number of aromatic carboxylic acids is 1. The standard InChI is InChI=1S/C16H17N3O5S2/c1-4-25-12-6-5-10(19(23)24)7-11(12)14(20)17-9(3)15-18-8(2)13(26-15)16(21)22/h5-7,9H,4H2,1-3H3,(H,17,20)(H,21,22). The first-order chi connectivity index (χ1) is 12.2. The number of nitrogens with zero attached hydrogens (tertiary/aromatic N) is 2. The molecule has 0 spiro atoms. The summed E-state index contributed by atoms with van der Waals surface area (Å²) in [5, 5.41) is 23.3. The molecule has 1 aromatic carbocycles. The number of aryl methyl sites for hydroxylation is 1. The molecule has 0 saturated carbocycles. The van der Waals surface area contributed by atoms with Gasteiger partial charge in [0.15, 0.2) is 0 Å². The lowest BCUT2D eigenvalue weighted by molar-refractivity contribution is -0.384.